The molecule has 108 valence electrons. The minimum atomic E-state index is -0.166. The Morgan fingerprint density at radius 2 is 2.24 bits per heavy atom. The maximum absolute atomic E-state index is 12.2. The van der Waals surface area contributed by atoms with Crippen LogP contribution in [0.1, 0.15) is 32.8 Å². The Kier molecular flexibility index (Phi) is 5.09. The van der Waals surface area contributed by atoms with Crippen LogP contribution in [0.3, 0.4) is 0 Å². The fourth-order valence-corrected chi connectivity index (χ4v) is 2.43. The number of aliphatic hydroxyl groups excluding tert-OH is 1. The lowest BCUT2D eigenvalue weighted by molar-refractivity contribution is 0.102. The van der Waals surface area contributed by atoms with Crippen molar-refractivity contribution >= 4 is 22.4 Å². The summed E-state index contributed by atoms with van der Waals surface area (Å²) in [6, 6.07) is 5.77. The van der Waals surface area contributed by atoms with E-state index in [-0.39, 0.29) is 12.5 Å². The zero-order valence-corrected chi connectivity index (χ0v) is 12.8. The van der Waals surface area contributed by atoms with Crippen molar-refractivity contribution in [2.24, 2.45) is 0 Å². The van der Waals surface area contributed by atoms with Crippen LogP contribution in [0.2, 0.25) is 0 Å². The molecule has 4 nitrogen and oxygen atoms in total. The molecule has 1 heterocycles. The first-order chi connectivity index (χ1) is 10.1. The first-order valence-electron chi connectivity index (χ1n) is 6.54. The number of aromatic nitrogens is 1. The first kappa shape index (κ1) is 15.2. The smallest absolute Gasteiger partial charge is 0.257 e. The highest BCUT2D eigenvalue weighted by atomic mass is 32.1. The minimum absolute atomic E-state index is 0.0437. The van der Waals surface area contributed by atoms with Gasteiger partial charge in [-0.05, 0) is 25.5 Å². The molecule has 0 aliphatic heterocycles. The van der Waals surface area contributed by atoms with Crippen molar-refractivity contribution in [2.45, 2.75) is 20.3 Å². The number of benzene rings is 1. The molecule has 21 heavy (non-hydrogen) atoms. The van der Waals surface area contributed by atoms with E-state index in [1.54, 1.807) is 6.20 Å². The van der Waals surface area contributed by atoms with E-state index in [2.05, 4.69) is 22.1 Å². The van der Waals surface area contributed by atoms with E-state index in [0.717, 1.165) is 16.0 Å². The zero-order chi connectivity index (χ0) is 15.2. The number of aryl methyl sites for hydroxylation is 2. The molecule has 1 amide bonds. The van der Waals surface area contributed by atoms with E-state index >= 15 is 0 Å². The van der Waals surface area contributed by atoms with Crippen LogP contribution in [-0.2, 0) is 0 Å². The number of nitrogens with zero attached hydrogens (tertiary/aromatic N) is 1. The topological polar surface area (TPSA) is 62.2 Å². The summed E-state index contributed by atoms with van der Waals surface area (Å²) in [5, 5.41) is 12.0. The third kappa shape index (κ3) is 4.15. The van der Waals surface area contributed by atoms with Crippen LogP contribution < -0.4 is 5.32 Å². The Balaban J connectivity index is 2.10. The van der Waals surface area contributed by atoms with Gasteiger partial charge < -0.3 is 5.11 Å². The molecule has 0 saturated heterocycles. The molecule has 0 atom stereocenters. The Labute approximate surface area is 127 Å². The van der Waals surface area contributed by atoms with E-state index in [1.165, 1.54) is 11.3 Å². The van der Waals surface area contributed by atoms with Gasteiger partial charge in [0.2, 0.25) is 0 Å². The molecule has 0 spiro atoms. The highest BCUT2D eigenvalue weighted by molar-refractivity contribution is 7.16. The summed E-state index contributed by atoms with van der Waals surface area (Å²) in [6.45, 7) is 3.90. The van der Waals surface area contributed by atoms with Gasteiger partial charge in [-0.3, -0.25) is 10.1 Å². The fourth-order valence-electron chi connectivity index (χ4n) is 1.74. The first-order valence-corrected chi connectivity index (χ1v) is 7.36. The number of carbonyl (C=O) groups is 1. The molecule has 0 fully saturated rings. The van der Waals surface area contributed by atoms with Gasteiger partial charge in [-0.15, -0.1) is 0 Å². The lowest BCUT2D eigenvalue weighted by Gasteiger charge is -2.06. The van der Waals surface area contributed by atoms with E-state index in [0.29, 0.717) is 17.1 Å². The number of hydrogen-bond acceptors (Lipinski definition) is 4. The molecule has 0 aliphatic rings. The van der Waals surface area contributed by atoms with Crippen LogP contribution >= 0.6 is 11.3 Å². The van der Waals surface area contributed by atoms with Crippen molar-refractivity contribution in [1.82, 2.24) is 4.98 Å². The van der Waals surface area contributed by atoms with Gasteiger partial charge in [0, 0.05) is 12.0 Å². The van der Waals surface area contributed by atoms with Crippen molar-refractivity contribution in [3.05, 3.63) is 46.0 Å². The molecule has 2 N–H and O–H groups in total. The summed E-state index contributed by atoms with van der Waals surface area (Å²) in [5.41, 5.74) is 2.62. The summed E-state index contributed by atoms with van der Waals surface area (Å²) in [7, 11) is 0. The van der Waals surface area contributed by atoms with Gasteiger partial charge in [0.05, 0.1) is 17.7 Å². The van der Waals surface area contributed by atoms with Crippen molar-refractivity contribution < 1.29 is 9.90 Å². The lowest BCUT2D eigenvalue weighted by atomic mass is 10.1. The van der Waals surface area contributed by atoms with E-state index < -0.39 is 0 Å². The van der Waals surface area contributed by atoms with Crippen LogP contribution in [0.25, 0.3) is 0 Å². The van der Waals surface area contributed by atoms with Crippen molar-refractivity contribution in [3.8, 4) is 11.8 Å². The largest absolute Gasteiger partial charge is 0.395 e. The molecule has 1 aromatic carbocycles. The van der Waals surface area contributed by atoms with Crippen molar-refractivity contribution in [2.75, 3.05) is 11.9 Å². The quantitative estimate of drug-likeness (QED) is 0.857. The highest BCUT2D eigenvalue weighted by Crippen LogP contribution is 2.19. The summed E-state index contributed by atoms with van der Waals surface area (Å²) in [5.74, 6) is 5.55. The van der Waals surface area contributed by atoms with Crippen molar-refractivity contribution in [3.63, 3.8) is 0 Å². The second-order valence-electron chi connectivity index (χ2n) is 4.58. The Hall–Kier alpha value is -2.16. The molecular formula is C16H16N2O2S. The fraction of sp³-hybridized carbons (Fsp3) is 0.250. The van der Waals surface area contributed by atoms with Crippen LogP contribution in [0.4, 0.5) is 5.13 Å². The number of aliphatic hydroxyl groups is 1. The van der Waals surface area contributed by atoms with Crippen LogP contribution in [0.5, 0.6) is 0 Å². The Morgan fingerprint density at radius 3 is 3.00 bits per heavy atom. The summed E-state index contributed by atoms with van der Waals surface area (Å²) >= 11 is 1.32. The van der Waals surface area contributed by atoms with Gasteiger partial charge in [-0.1, -0.05) is 40.9 Å². The van der Waals surface area contributed by atoms with E-state index in [1.807, 2.05) is 32.0 Å². The number of anilines is 1. The van der Waals surface area contributed by atoms with Gasteiger partial charge in [-0.25, -0.2) is 4.98 Å². The van der Waals surface area contributed by atoms with Crippen molar-refractivity contribution in [1.29, 1.82) is 0 Å². The van der Waals surface area contributed by atoms with E-state index in [4.69, 9.17) is 5.11 Å². The maximum atomic E-state index is 12.2. The Morgan fingerprint density at radius 1 is 1.43 bits per heavy atom. The van der Waals surface area contributed by atoms with Crippen LogP contribution in [-0.4, -0.2) is 22.6 Å². The zero-order valence-electron chi connectivity index (χ0n) is 11.9. The predicted molar refractivity (Wildman–Crippen MR) is 84.6 cm³/mol. The van der Waals surface area contributed by atoms with Crippen LogP contribution in [0, 0.1) is 25.7 Å². The van der Waals surface area contributed by atoms with Gasteiger partial charge in [0.15, 0.2) is 5.13 Å². The number of amides is 1. The number of rotatable bonds is 3. The monoisotopic (exact) mass is 300 g/mol. The average molecular weight is 300 g/mol. The van der Waals surface area contributed by atoms with Crippen LogP contribution in [0.15, 0.2) is 24.4 Å². The minimum Gasteiger partial charge on any atom is -0.395 e. The number of carbonyl (C=O) groups excluding carboxylic acids is 1. The normalized spacial score (nSPS) is 9.86. The van der Waals surface area contributed by atoms with Gasteiger partial charge in [0.25, 0.3) is 5.91 Å². The number of nitrogens with one attached hydrogen (secondary N) is 1. The summed E-state index contributed by atoms with van der Waals surface area (Å²) < 4.78 is 0. The average Bonchev–Trinajstić information content (AvgIpc) is 2.89. The molecule has 0 saturated carbocycles. The Bertz CT molecular complexity index is 711. The molecule has 2 rings (SSSR count). The molecule has 2 aromatic rings. The maximum Gasteiger partial charge on any atom is 0.257 e. The standard InChI is InChI=1S/C16H16N2O2S/c1-11-6-7-12(2)14(9-11)15(20)18-16-17-10-13(21-16)5-3-4-8-19/h6-7,9-10,19H,4,8H2,1-2H3,(H,17,18,20). The molecule has 0 aliphatic carbocycles. The predicted octanol–water partition coefficient (Wildman–Crippen LogP) is 2.75. The third-order valence-corrected chi connectivity index (χ3v) is 3.64. The van der Waals surface area contributed by atoms with E-state index in [9.17, 15) is 4.79 Å². The summed E-state index contributed by atoms with van der Waals surface area (Å²) in [4.78, 5) is 17.1. The molecule has 1 aromatic heterocycles. The molecule has 5 heteroatoms. The molecule has 0 bridgehead atoms. The molecular weight excluding hydrogens is 284 g/mol. The highest BCUT2D eigenvalue weighted by Gasteiger charge is 2.11. The lowest BCUT2D eigenvalue weighted by Crippen LogP contribution is -2.13. The summed E-state index contributed by atoms with van der Waals surface area (Å²) in [6.07, 6.45) is 2.05. The second kappa shape index (κ2) is 7.02. The SMILES string of the molecule is Cc1ccc(C)c(C(=O)Nc2ncc(C#CCCO)s2)c1. The number of thiazole rings is 1. The second-order valence-corrected chi connectivity index (χ2v) is 5.61. The molecule has 0 unspecified atom stereocenters. The van der Waals surface area contributed by atoms with Gasteiger partial charge >= 0.3 is 0 Å². The molecule has 0 radical (unpaired) electrons. The third-order valence-electron chi connectivity index (χ3n) is 2.81. The van der Waals surface area contributed by atoms with Gasteiger partial charge in [-0.2, -0.15) is 0 Å². The number of hydrogen-bond donors (Lipinski definition) is 2. The van der Waals surface area contributed by atoms with Gasteiger partial charge in [0.1, 0.15) is 0 Å².